The monoisotopic (exact) mass is 315 g/mol. The first-order chi connectivity index (χ1) is 9.89. The van der Waals surface area contributed by atoms with E-state index in [0.29, 0.717) is 12.4 Å². The van der Waals surface area contributed by atoms with E-state index >= 15 is 0 Å². The van der Waals surface area contributed by atoms with Crippen molar-refractivity contribution in [1.29, 1.82) is 0 Å². The fourth-order valence-electron chi connectivity index (χ4n) is 1.69. The minimum atomic E-state index is -3.20. The number of hydrogen-bond donors (Lipinski definition) is 2. The number of anilines is 2. The van der Waals surface area contributed by atoms with Gasteiger partial charge in [-0.05, 0) is 13.3 Å². The van der Waals surface area contributed by atoms with Crippen LogP contribution in [0.3, 0.4) is 0 Å². The van der Waals surface area contributed by atoms with Crippen molar-refractivity contribution >= 4 is 21.7 Å². The van der Waals surface area contributed by atoms with Crippen LogP contribution < -0.4 is 10.6 Å². The van der Waals surface area contributed by atoms with Crippen LogP contribution in [0.5, 0.6) is 0 Å². The number of nitrogens with zero attached hydrogens (tertiary/aromatic N) is 3. The molecule has 1 aromatic rings. The molecule has 0 amide bonds. The molecule has 0 aliphatic heterocycles. The highest BCUT2D eigenvalue weighted by molar-refractivity contribution is 7.89. The molecule has 120 valence electrons. The van der Waals surface area contributed by atoms with Gasteiger partial charge in [0.25, 0.3) is 0 Å². The second-order valence-corrected chi connectivity index (χ2v) is 7.16. The lowest BCUT2D eigenvalue weighted by Gasteiger charge is -2.13. The summed E-state index contributed by atoms with van der Waals surface area (Å²) in [6, 6.07) is 1.80. The molecule has 0 aliphatic carbocycles. The van der Waals surface area contributed by atoms with Gasteiger partial charge in [-0.1, -0.05) is 6.92 Å². The van der Waals surface area contributed by atoms with Crippen LogP contribution in [0.2, 0.25) is 0 Å². The summed E-state index contributed by atoms with van der Waals surface area (Å²) in [4.78, 5) is 8.81. The smallest absolute Gasteiger partial charge is 0.215 e. The van der Waals surface area contributed by atoms with Crippen molar-refractivity contribution in [2.75, 3.05) is 43.6 Å². The molecule has 1 aromatic heterocycles. The number of rotatable bonds is 9. The average Bonchev–Trinajstić information content (AvgIpc) is 2.39. The molecule has 0 aromatic carbocycles. The summed E-state index contributed by atoms with van der Waals surface area (Å²) in [6.07, 6.45) is 1.76. The van der Waals surface area contributed by atoms with Crippen molar-refractivity contribution < 1.29 is 8.42 Å². The molecule has 0 unspecified atom stereocenters. The molecule has 0 fully saturated rings. The molecule has 0 spiro atoms. The lowest BCUT2D eigenvalue weighted by Crippen LogP contribution is -2.28. The second kappa shape index (κ2) is 8.14. The normalized spacial score (nSPS) is 11.7. The van der Waals surface area contributed by atoms with Gasteiger partial charge in [0, 0.05) is 39.7 Å². The zero-order chi connectivity index (χ0) is 15.9. The quantitative estimate of drug-likeness (QED) is 0.711. The van der Waals surface area contributed by atoms with Crippen LogP contribution in [0.25, 0.3) is 0 Å². The summed E-state index contributed by atoms with van der Waals surface area (Å²) in [7, 11) is -0.136. The van der Waals surface area contributed by atoms with Gasteiger partial charge in [0.05, 0.1) is 5.75 Å². The van der Waals surface area contributed by atoms with Crippen molar-refractivity contribution in [3.63, 3.8) is 0 Å². The van der Waals surface area contributed by atoms with E-state index in [9.17, 15) is 8.42 Å². The Balaban J connectivity index is 2.73. The molecule has 0 saturated heterocycles. The molecule has 0 atom stereocenters. The van der Waals surface area contributed by atoms with Gasteiger partial charge < -0.3 is 10.6 Å². The van der Waals surface area contributed by atoms with Crippen molar-refractivity contribution in [2.24, 2.45) is 0 Å². The number of aryl methyl sites for hydroxylation is 1. The van der Waals surface area contributed by atoms with Crippen LogP contribution in [0.15, 0.2) is 6.07 Å². The lowest BCUT2D eigenvalue weighted by atomic mass is 10.3. The predicted octanol–water partition coefficient (Wildman–Crippen LogP) is 1.16. The molecule has 8 heteroatoms. The summed E-state index contributed by atoms with van der Waals surface area (Å²) < 4.78 is 24.6. The van der Waals surface area contributed by atoms with Gasteiger partial charge in [0.15, 0.2) is 0 Å². The minimum Gasteiger partial charge on any atom is -0.370 e. The van der Waals surface area contributed by atoms with Gasteiger partial charge in [-0.25, -0.2) is 22.7 Å². The fourth-order valence-corrected chi connectivity index (χ4v) is 2.41. The van der Waals surface area contributed by atoms with Crippen molar-refractivity contribution in [2.45, 2.75) is 26.7 Å². The molecular weight excluding hydrogens is 290 g/mol. The number of sulfonamides is 1. The summed E-state index contributed by atoms with van der Waals surface area (Å²) in [5.74, 6) is 2.20. The van der Waals surface area contributed by atoms with Crippen LogP contribution in [-0.4, -0.2) is 55.6 Å². The molecule has 0 aliphatic rings. The van der Waals surface area contributed by atoms with Crippen LogP contribution >= 0.6 is 0 Å². The second-order valence-electron chi connectivity index (χ2n) is 4.86. The summed E-state index contributed by atoms with van der Waals surface area (Å²) in [6.45, 7) is 5.16. The van der Waals surface area contributed by atoms with E-state index in [1.807, 2.05) is 6.92 Å². The highest BCUT2D eigenvalue weighted by Gasteiger charge is 2.13. The average molecular weight is 315 g/mol. The van der Waals surface area contributed by atoms with Gasteiger partial charge in [-0.2, -0.15) is 0 Å². The maximum Gasteiger partial charge on any atom is 0.215 e. The first kappa shape index (κ1) is 17.6. The Labute approximate surface area is 127 Å². The molecule has 7 nitrogen and oxygen atoms in total. The molecular formula is C13H25N5O2S. The predicted molar refractivity (Wildman–Crippen MR) is 86.2 cm³/mol. The third-order valence-electron chi connectivity index (χ3n) is 2.83. The Bertz CT molecular complexity index is 521. The summed E-state index contributed by atoms with van der Waals surface area (Å²) in [5, 5.41) is 6.21. The highest BCUT2D eigenvalue weighted by Crippen LogP contribution is 2.12. The summed E-state index contributed by atoms with van der Waals surface area (Å²) in [5.41, 5.74) is 0. The van der Waals surface area contributed by atoms with Gasteiger partial charge in [0.1, 0.15) is 17.5 Å². The largest absolute Gasteiger partial charge is 0.370 e. The van der Waals surface area contributed by atoms with E-state index in [-0.39, 0.29) is 5.75 Å². The van der Waals surface area contributed by atoms with E-state index < -0.39 is 10.0 Å². The van der Waals surface area contributed by atoms with Crippen molar-refractivity contribution in [1.82, 2.24) is 14.3 Å². The Kier molecular flexibility index (Phi) is 6.83. The molecule has 0 saturated carbocycles. The lowest BCUT2D eigenvalue weighted by molar-refractivity contribution is 0.521. The maximum atomic E-state index is 11.7. The molecule has 0 radical (unpaired) electrons. The van der Waals surface area contributed by atoms with Crippen molar-refractivity contribution in [3.05, 3.63) is 11.9 Å². The topological polar surface area (TPSA) is 87.2 Å². The number of nitrogens with one attached hydrogen (secondary N) is 2. The van der Waals surface area contributed by atoms with Crippen LogP contribution in [0.1, 0.15) is 26.1 Å². The van der Waals surface area contributed by atoms with E-state index in [1.165, 1.54) is 18.4 Å². The van der Waals surface area contributed by atoms with E-state index in [0.717, 1.165) is 31.0 Å². The fraction of sp³-hybridized carbons (Fsp3) is 0.692. The number of aromatic nitrogens is 2. The number of hydrogen-bond acceptors (Lipinski definition) is 6. The van der Waals surface area contributed by atoms with E-state index in [2.05, 4.69) is 27.5 Å². The zero-order valence-corrected chi connectivity index (χ0v) is 14.0. The van der Waals surface area contributed by atoms with Gasteiger partial charge in [-0.15, -0.1) is 0 Å². The van der Waals surface area contributed by atoms with E-state index in [4.69, 9.17) is 0 Å². The molecule has 0 bridgehead atoms. The zero-order valence-electron chi connectivity index (χ0n) is 13.2. The Morgan fingerprint density at radius 2 is 1.76 bits per heavy atom. The first-order valence-corrected chi connectivity index (χ1v) is 8.75. The maximum absolute atomic E-state index is 11.7. The van der Waals surface area contributed by atoms with Gasteiger partial charge in [-0.3, -0.25) is 0 Å². The molecule has 21 heavy (non-hydrogen) atoms. The third kappa shape index (κ3) is 5.84. The highest BCUT2D eigenvalue weighted by atomic mass is 32.2. The van der Waals surface area contributed by atoms with Crippen molar-refractivity contribution in [3.8, 4) is 0 Å². The van der Waals surface area contributed by atoms with E-state index in [1.54, 1.807) is 6.07 Å². The SMILES string of the molecule is CCCc1nc(NCC)cc(NCCS(=O)(=O)N(C)C)n1. The Morgan fingerprint density at radius 3 is 2.29 bits per heavy atom. The minimum absolute atomic E-state index is 0.0314. The molecule has 2 N–H and O–H groups in total. The van der Waals surface area contributed by atoms with Gasteiger partial charge in [0.2, 0.25) is 10.0 Å². The van der Waals surface area contributed by atoms with Crippen LogP contribution in [0.4, 0.5) is 11.6 Å². The molecule has 1 rings (SSSR count). The standard InChI is InChI=1S/C13H25N5O2S/c1-5-7-11-16-12(14-6-2)10-13(17-11)15-8-9-21(19,20)18(3)4/h10H,5-9H2,1-4H3,(H2,14,15,16,17). The van der Waals surface area contributed by atoms with Crippen LogP contribution in [-0.2, 0) is 16.4 Å². The van der Waals surface area contributed by atoms with Crippen LogP contribution in [0, 0.1) is 0 Å². The summed E-state index contributed by atoms with van der Waals surface area (Å²) >= 11 is 0. The Hall–Kier alpha value is -1.41. The first-order valence-electron chi connectivity index (χ1n) is 7.15. The van der Waals surface area contributed by atoms with Gasteiger partial charge >= 0.3 is 0 Å². The Morgan fingerprint density at radius 1 is 1.14 bits per heavy atom. The third-order valence-corrected chi connectivity index (χ3v) is 4.66. The molecule has 1 heterocycles.